The standard InChI is InChI=1S/C8H8N6O/c9-6-1-5(2-10-3-6)7(15)13-8-11-4-12-14-8/h1-4H,9H2,(H2,11,12,13,14,15). The Labute approximate surface area is 84.7 Å². The predicted molar refractivity (Wildman–Crippen MR) is 53.0 cm³/mol. The smallest absolute Gasteiger partial charge is 0.259 e. The summed E-state index contributed by atoms with van der Waals surface area (Å²) in [7, 11) is 0. The fourth-order valence-electron chi connectivity index (χ4n) is 1.03. The maximum absolute atomic E-state index is 11.6. The molecule has 2 heterocycles. The summed E-state index contributed by atoms with van der Waals surface area (Å²) in [6.07, 6.45) is 4.18. The van der Waals surface area contributed by atoms with Crippen LogP contribution < -0.4 is 11.1 Å². The molecule has 0 saturated carbocycles. The Morgan fingerprint density at radius 2 is 2.33 bits per heavy atom. The summed E-state index contributed by atoms with van der Waals surface area (Å²) >= 11 is 0. The summed E-state index contributed by atoms with van der Waals surface area (Å²) in [5, 5.41) is 8.60. The van der Waals surface area contributed by atoms with Gasteiger partial charge in [0, 0.05) is 12.4 Å². The molecule has 0 spiro atoms. The molecule has 2 aromatic heterocycles. The number of anilines is 2. The Bertz CT molecular complexity index is 466. The first-order valence-corrected chi connectivity index (χ1v) is 4.13. The van der Waals surface area contributed by atoms with Crippen molar-refractivity contribution in [2.75, 3.05) is 11.1 Å². The molecule has 0 aliphatic rings. The quantitative estimate of drug-likeness (QED) is 0.639. The molecule has 0 aliphatic carbocycles. The first-order valence-electron chi connectivity index (χ1n) is 4.13. The van der Waals surface area contributed by atoms with Crippen molar-refractivity contribution in [1.29, 1.82) is 0 Å². The third-order valence-corrected chi connectivity index (χ3v) is 1.67. The van der Waals surface area contributed by atoms with E-state index in [-0.39, 0.29) is 11.9 Å². The number of carbonyl (C=O) groups excluding carboxylic acids is 1. The minimum absolute atomic E-state index is 0.280. The Balaban J connectivity index is 2.15. The van der Waals surface area contributed by atoms with Crippen molar-refractivity contribution in [2.45, 2.75) is 0 Å². The van der Waals surface area contributed by atoms with Crippen LogP contribution >= 0.6 is 0 Å². The van der Waals surface area contributed by atoms with Crippen LogP contribution in [0.15, 0.2) is 24.8 Å². The van der Waals surface area contributed by atoms with Gasteiger partial charge >= 0.3 is 0 Å². The van der Waals surface area contributed by atoms with Crippen LogP contribution in [-0.4, -0.2) is 26.1 Å². The molecule has 2 rings (SSSR count). The minimum Gasteiger partial charge on any atom is -0.397 e. The molecule has 0 fully saturated rings. The van der Waals surface area contributed by atoms with Crippen molar-refractivity contribution < 1.29 is 4.79 Å². The highest BCUT2D eigenvalue weighted by Crippen LogP contribution is 2.05. The Morgan fingerprint density at radius 1 is 1.47 bits per heavy atom. The second kappa shape index (κ2) is 3.74. The second-order valence-corrected chi connectivity index (χ2v) is 2.80. The van der Waals surface area contributed by atoms with E-state index in [1.165, 1.54) is 24.8 Å². The largest absolute Gasteiger partial charge is 0.397 e. The van der Waals surface area contributed by atoms with Crippen molar-refractivity contribution in [2.24, 2.45) is 0 Å². The van der Waals surface area contributed by atoms with Crippen LogP contribution in [0, 0.1) is 0 Å². The van der Waals surface area contributed by atoms with E-state index in [4.69, 9.17) is 5.73 Å². The first kappa shape index (κ1) is 9.13. The SMILES string of the molecule is Nc1cncc(C(=O)Nc2ncn[nH]2)c1. The number of amides is 1. The van der Waals surface area contributed by atoms with E-state index >= 15 is 0 Å². The fourth-order valence-corrected chi connectivity index (χ4v) is 1.03. The first-order chi connectivity index (χ1) is 7.25. The summed E-state index contributed by atoms with van der Waals surface area (Å²) in [4.78, 5) is 19.1. The third kappa shape index (κ3) is 2.08. The number of hydrogen-bond donors (Lipinski definition) is 3. The number of rotatable bonds is 2. The number of nitrogen functional groups attached to an aromatic ring is 1. The lowest BCUT2D eigenvalue weighted by molar-refractivity contribution is 0.102. The zero-order valence-corrected chi connectivity index (χ0v) is 7.64. The van der Waals surface area contributed by atoms with Crippen molar-refractivity contribution in [3.05, 3.63) is 30.4 Å². The summed E-state index contributed by atoms with van der Waals surface area (Å²) in [6.45, 7) is 0. The molecule has 0 radical (unpaired) electrons. The van der Waals surface area contributed by atoms with E-state index in [0.29, 0.717) is 11.3 Å². The van der Waals surface area contributed by atoms with E-state index in [0.717, 1.165) is 0 Å². The molecule has 76 valence electrons. The van der Waals surface area contributed by atoms with Crippen LogP contribution in [0.3, 0.4) is 0 Å². The summed E-state index contributed by atoms with van der Waals surface area (Å²) < 4.78 is 0. The minimum atomic E-state index is -0.341. The number of hydrogen-bond acceptors (Lipinski definition) is 5. The molecule has 1 amide bonds. The van der Waals surface area contributed by atoms with Gasteiger partial charge in [-0.05, 0) is 6.07 Å². The molecule has 0 aliphatic heterocycles. The van der Waals surface area contributed by atoms with Crippen LogP contribution in [0.2, 0.25) is 0 Å². The Kier molecular flexibility index (Phi) is 2.28. The number of nitrogens with zero attached hydrogens (tertiary/aromatic N) is 3. The third-order valence-electron chi connectivity index (χ3n) is 1.67. The summed E-state index contributed by atoms with van der Waals surface area (Å²) in [5.74, 6) is -0.0611. The molecule has 0 atom stereocenters. The van der Waals surface area contributed by atoms with Gasteiger partial charge in [0.25, 0.3) is 5.91 Å². The van der Waals surface area contributed by atoms with Gasteiger partial charge in [0.2, 0.25) is 5.95 Å². The zero-order chi connectivity index (χ0) is 10.7. The van der Waals surface area contributed by atoms with Crippen LogP contribution in [0.25, 0.3) is 0 Å². The average Bonchev–Trinajstić information content (AvgIpc) is 2.70. The van der Waals surface area contributed by atoms with Gasteiger partial charge in [-0.2, -0.15) is 10.1 Å². The van der Waals surface area contributed by atoms with Gasteiger partial charge in [-0.1, -0.05) is 0 Å². The van der Waals surface area contributed by atoms with Gasteiger partial charge in [-0.3, -0.25) is 15.1 Å². The second-order valence-electron chi connectivity index (χ2n) is 2.80. The molecule has 7 heteroatoms. The number of H-pyrrole nitrogens is 1. The normalized spacial score (nSPS) is 9.87. The van der Waals surface area contributed by atoms with E-state index in [2.05, 4.69) is 25.5 Å². The molecule has 0 saturated heterocycles. The number of aromatic amines is 1. The van der Waals surface area contributed by atoms with Crippen molar-refractivity contribution >= 4 is 17.5 Å². The number of nitrogens with two attached hydrogens (primary N) is 1. The van der Waals surface area contributed by atoms with Crippen LogP contribution in [0.5, 0.6) is 0 Å². The highest BCUT2D eigenvalue weighted by atomic mass is 16.1. The molecule has 0 unspecified atom stereocenters. The number of pyridine rings is 1. The van der Waals surface area contributed by atoms with Gasteiger partial charge in [0.1, 0.15) is 6.33 Å². The highest BCUT2D eigenvalue weighted by Gasteiger charge is 2.07. The molecule has 7 nitrogen and oxygen atoms in total. The average molecular weight is 204 g/mol. The fraction of sp³-hybridized carbons (Fsp3) is 0. The van der Waals surface area contributed by atoms with E-state index < -0.39 is 0 Å². The Morgan fingerprint density at radius 3 is 3.00 bits per heavy atom. The lowest BCUT2D eigenvalue weighted by atomic mass is 10.2. The predicted octanol–water partition coefficient (Wildman–Crippen LogP) is 0.0342. The van der Waals surface area contributed by atoms with Crippen LogP contribution in [0.1, 0.15) is 10.4 Å². The van der Waals surface area contributed by atoms with Gasteiger partial charge in [-0.25, -0.2) is 5.10 Å². The summed E-state index contributed by atoms with van der Waals surface area (Å²) in [6, 6.07) is 1.53. The van der Waals surface area contributed by atoms with Gasteiger partial charge < -0.3 is 5.73 Å². The van der Waals surface area contributed by atoms with Gasteiger partial charge in [0.15, 0.2) is 0 Å². The van der Waals surface area contributed by atoms with E-state index in [1.807, 2.05) is 0 Å². The molecule has 15 heavy (non-hydrogen) atoms. The highest BCUT2D eigenvalue weighted by molar-refractivity contribution is 6.03. The number of aromatic nitrogens is 4. The van der Waals surface area contributed by atoms with Crippen molar-refractivity contribution in [3.63, 3.8) is 0 Å². The van der Waals surface area contributed by atoms with Gasteiger partial charge in [-0.15, -0.1) is 0 Å². The topological polar surface area (TPSA) is 110 Å². The Hall–Kier alpha value is -2.44. The molecule has 0 bridgehead atoms. The van der Waals surface area contributed by atoms with Crippen LogP contribution in [0.4, 0.5) is 11.6 Å². The summed E-state index contributed by atoms with van der Waals surface area (Å²) in [5.41, 5.74) is 6.29. The molecule has 0 aromatic carbocycles. The zero-order valence-electron chi connectivity index (χ0n) is 7.64. The maximum atomic E-state index is 11.6. The van der Waals surface area contributed by atoms with E-state index in [1.54, 1.807) is 0 Å². The monoisotopic (exact) mass is 204 g/mol. The van der Waals surface area contributed by atoms with Crippen molar-refractivity contribution in [3.8, 4) is 0 Å². The number of nitrogens with one attached hydrogen (secondary N) is 2. The molecule has 2 aromatic rings. The van der Waals surface area contributed by atoms with E-state index in [9.17, 15) is 4.79 Å². The maximum Gasteiger partial charge on any atom is 0.259 e. The molecular weight excluding hydrogens is 196 g/mol. The molecule has 4 N–H and O–H groups in total. The van der Waals surface area contributed by atoms with Crippen LogP contribution in [-0.2, 0) is 0 Å². The number of carbonyl (C=O) groups is 1. The van der Waals surface area contributed by atoms with Crippen molar-refractivity contribution in [1.82, 2.24) is 20.2 Å². The lowest BCUT2D eigenvalue weighted by Gasteiger charge is -2.01. The lowest BCUT2D eigenvalue weighted by Crippen LogP contribution is -2.13. The van der Waals surface area contributed by atoms with Gasteiger partial charge in [0.05, 0.1) is 11.3 Å². The molecular formula is C8H8N6O.